The SMILES string of the molecule is CC1(C)c2ccccc2-c2ccc(-c3c(-c4cccc5ccccc45)nc4oc5ccccc5n34)cc21. The standard InChI is InChI=1S/C34H24N2O/c1-34(2)27-15-6-5-13-24(27)25-19-18-22(20-28(25)34)32-31(26-14-9-11-21-10-3-4-12-23(21)26)35-33-36(32)29-16-7-8-17-30(29)37-33/h3-20H,1-2H3. The Labute approximate surface area is 214 Å². The summed E-state index contributed by atoms with van der Waals surface area (Å²) in [5.41, 5.74) is 11.4. The van der Waals surface area contributed by atoms with Gasteiger partial charge in [-0.2, -0.15) is 4.98 Å². The highest BCUT2D eigenvalue weighted by atomic mass is 16.4. The second kappa shape index (κ2) is 7.21. The summed E-state index contributed by atoms with van der Waals surface area (Å²) >= 11 is 0. The van der Waals surface area contributed by atoms with Crippen LogP contribution in [0.2, 0.25) is 0 Å². The molecular formula is C34H24N2O. The molecule has 0 saturated heterocycles. The first-order valence-corrected chi connectivity index (χ1v) is 12.7. The lowest BCUT2D eigenvalue weighted by Crippen LogP contribution is -2.15. The first-order chi connectivity index (χ1) is 18.1. The van der Waals surface area contributed by atoms with Crippen LogP contribution in [0.15, 0.2) is 114 Å². The van der Waals surface area contributed by atoms with E-state index in [0.29, 0.717) is 5.84 Å². The summed E-state index contributed by atoms with van der Waals surface area (Å²) in [7, 11) is 0. The van der Waals surface area contributed by atoms with Crippen LogP contribution in [0.5, 0.6) is 0 Å². The third-order valence-electron chi connectivity index (χ3n) is 8.06. The Bertz CT molecular complexity index is 2020. The van der Waals surface area contributed by atoms with Crippen LogP contribution in [-0.2, 0) is 5.41 Å². The molecule has 0 N–H and O–H groups in total. The van der Waals surface area contributed by atoms with Gasteiger partial charge in [0.2, 0.25) is 0 Å². The van der Waals surface area contributed by atoms with Crippen LogP contribution in [-0.4, -0.2) is 9.38 Å². The van der Waals surface area contributed by atoms with Gasteiger partial charge >= 0.3 is 5.84 Å². The van der Waals surface area contributed by atoms with Gasteiger partial charge < -0.3 is 4.42 Å². The molecule has 3 nitrogen and oxygen atoms in total. The summed E-state index contributed by atoms with van der Waals surface area (Å²) in [5, 5.41) is 2.39. The molecule has 1 aliphatic rings. The normalized spacial score (nSPS) is 13.9. The molecule has 0 saturated carbocycles. The van der Waals surface area contributed by atoms with Crippen LogP contribution in [0.1, 0.15) is 25.0 Å². The van der Waals surface area contributed by atoms with E-state index in [1.165, 1.54) is 33.0 Å². The number of hydrogen-bond acceptors (Lipinski definition) is 2. The monoisotopic (exact) mass is 476 g/mol. The number of imidazole rings is 1. The van der Waals surface area contributed by atoms with Crippen LogP contribution < -0.4 is 0 Å². The van der Waals surface area contributed by atoms with Gasteiger partial charge in [0, 0.05) is 16.5 Å². The molecule has 3 heteroatoms. The number of aromatic nitrogens is 2. The Kier molecular flexibility index (Phi) is 4.00. The quantitative estimate of drug-likeness (QED) is 0.249. The van der Waals surface area contributed by atoms with Gasteiger partial charge in [0.1, 0.15) is 5.69 Å². The number of nitrogens with zero attached hydrogens (tertiary/aromatic N) is 2. The average molecular weight is 477 g/mol. The molecule has 37 heavy (non-hydrogen) atoms. The van der Waals surface area contributed by atoms with E-state index in [1.54, 1.807) is 0 Å². The van der Waals surface area contributed by atoms with Gasteiger partial charge in [0.15, 0.2) is 5.58 Å². The van der Waals surface area contributed by atoms with Crippen LogP contribution >= 0.6 is 0 Å². The topological polar surface area (TPSA) is 30.4 Å². The van der Waals surface area contributed by atoms with Crippen molar-refractivity contribution < 1.29 is 4.42 Å². The fourth-order valence-corrected chi connectivity index (χ4v) is 6.26. The molecule has 0 radical (unpaired) electrons. The Morgan fingerprint density at radius 2 is 1.41 bits per heavy atom. The Hall–Kier alpha value is -4.63. The van der Waals surface area contributed by atoms with Crippen LogP contribution in [0, 0.1) is 0 Å². The first-order valence-electron chi connectivity index (χ1n) is 12.7. The molecule has 0 fully saturated rings. The number of benzene rings is 5. The van der Waals surface area contributed by atoms with E-state index in [4.69, 9.17) is 9.40 Å². The predicted molar refractivity (Wildman–Crippen MR) is 151 cm³/mol. The van der Waals surface area contributed by atoms with Gasteiger partial charge in [-0.05, 0) is 51.2 Å². The molecule has 0 bridgehead atoms. The molecule has 5 aromatic carbocycles. The van der Waals surface area contributed by atoms with Gasteiger partial charge in [-0.3, -0.25) is 4.40 Å². The van der Waals surface area contributed by atoms with Crippen molar-refractivity contribution in [1.29, 1.82) is 0 Å². The smallest absolute Gasteiger partial charge is 0.307 e. The molecule has 0 spiro atoms. The average Bonchev–Trinajstić information content (AvgIpc) is 3.55. The minimum absolute atomic E-state index is 0.0796. The van der Waals surface area contributed by atoms with Gasteiger partial charge in [-0.1, -0.05) is 105 Å². The van der Waals surface area contributed by atoms with Crippen molar-refractivity contribution in [3.63, 3.8) is 0 Å². The first kappa shape index (κ1) is 20.6. The number of oxazole rings is 1. The third-order valence-corrected chi connectivity index (χ3v) is 8.06. The van der Waals surface area contributed by atoms with Crippen molar-refractivity contribution in [3.05, 3.63) is 120 Å². The summed E-state index contributed by atoms with van der Waals surface area (Å²) in [6.07, 6.45) is 0. The molecule has 2 heterocycles. The maximum absolute atomic E-state index is 6.26. The lowest BCUT2D eigenvalue weighted by molar-refractivity contribution is 0.642. The number of rotatable bonds is 2. The minimum atomic E-state index is -0.0796. The Morgan fingerprint density at radius 3 is 2.35 bits per heavy atom. The largest absolute Gasteiger partial charge is 0.423 e. The van der Waals surface area contributed by atoms with Gasteiger partial charge in [0.25, 0.3) is 0 Å². The van der Waals surface area contributed by atoms with Crippen molar-refractivity contribution >= 4 is 27.7 Å². The zero-order valence-corrected chi connectivity index (χ0v) is 20.7. The maximum atomic E-state index is 6.26. The number of hydrogen-bond donors (Lipinski definition) is 0. The van der Waals surface area contributed by atoms with Crippen LogP contribution in [0.25, 0.3) is 61.4 Å². The Balaban J connectivity index is 1.47. The van der Waals surface area contributed by atoms with E-state index < -0.39 is 0 Å². The van der Waals surface area contributed by atoms with E-state index in [-0.39, 0.29) is 5.41 Å². The van der Waals surface area contributed by atoms with E-state index in [9.17, 15) is 0 Å². The van der Waals surface area contributed by atoms with E-state index in [1.807, 2.05) is 12.1 Å². The summed E-state index contributed by atoms with van der Waals surface area (Å²) < 4.78 is 8.45. The van der Waals surface area contributed by atoms with Gasteiger partial charge in [-0.25, -0.2) is 0 Å². The molecule has 176 valence electrons. The summed E-state index contributed by atoms with van der Waals surface area (Å²) in [5.74, 6) is 0.613. The number of para-hydroxylation sites is 2. The van der Waals surface area contributed by atoms with E-state index in [2.05, 4.69) is 115 Å². The summed E-state index contributed by atoms with van der Waals surface area (Å²) in [6.45, 7) is 4.65. The zero-order chi connectivity index (χ0) is 24.7. The number of fused-ring (bicyclic) bond motifs is 7. The van der Waals surface area contributed by atoms with Gasteiger partial charge in [-0.15, -0.1) is 0 Å². The summed E-state index contributed by atoms with van der Waals surface area (Å²) in [6, 6.07) is 38.8. The third kappa shape index (κ3) is 2.74. The second-order valence-electron chi connectivity index (χ2n) is 10.5. The van der Waals surface area contributed by atoms with Crippen molar-refractivity contribution in [2.45, 2.75) is 19.3 Å². The Morgan fingerprint density at radius 1 is 0.676 bits per heavy atom. The molecule has 0 atom stereocenters. The fourth-order valence-electron chi connectivity index (χ4n) is 6.26. The molecule has 8 rings (SSSR count). The van der Waals surface area contributed by atoms with E-state index >= 15 is 0 Å². The molecule has 1 aliphatic carbocycles. The van der Waals surface area contributed by atoms with Crippen molar-refractivity contribution in [2.24, 2.45) is 0 Å². The van der Waals surface area contributed by atoms with E-state index in [0.717, 1.165) is 33.6 Å². The van der Waals surface area contributed by atoms with Crippen LogP contribution in [0.4, 0.5) is 0 Å². The molecule has 0 unspecified atom stereocenters. The zero-order valence-electron chi connectivity index (χ0n) is 20.7. The molecular weight excluding hydrogens is 452 g/mol. The van der Waals surface area contributed by atoms with Gasteiger partial charge in [0.05, 0.1) is 11.2 Å². The highest BCUT2D eigenvalue weighted by molar-refractivity contribution is 6.00. The summed E-state index contributed by atoms with van der Waals surface area (Å²) in [4.78, 5) is 5.11. The maximum Gasteiger partial charge on any atom is 0.307 e. The highest BCUT2D eigenvalue weighted by Crippen LogP contribution is 2.50. The fraction of sp³-hybridized carbons (Fsp3) is 0.0882. The minimum Gasteiger partial charge on any atom is -0.423 e. The van der Waals surface area contributed by atoms with Crippen LogP contribution in [0.3, 0.4) is 0 Å². The van der Waals surface area contributed by atoms with Crippen molar-refractivity contribution in [3.8, 4) is 33.6 Å². The van der Waals surface area contributed by atoms with Crippen molar-refractivity contribution in [2.75, 3.05) is 0 Å². The predicted octanol–water partition coefficient (Wildman–Crippen LogP) is 8.87. The molecule has 7 aromatic rings. The molecule has 0 amide bonds. The molecule has 0 aliphatic heterocycles. The second-order valence-corrected chi connectivity index (χ2v) is 10.5. The lowest BCUT2D eigenvalue weighted by atomic mass is 9.81. The lowest BCUT2D eigenvalue weighted by Gasteiger charge is -2.22. The highest BCUT2D eigenvalue weighted by Gasteiger charge is 2.35. The molecule has 2 aromatic heterocycles. The van der Waals surface area contributed by atoms with Crippen molar-refractivity contribution in [1.82, 2.24) is 9.38 Å².